The lowest BCUT2D eigenvalue weighted by Crippen LogP contribution is -2.44. The Hall–Kier alpha value is -1.97. The number of carbonyl (C=O) groups is 2. The SMILES string of the molecule is CON(C)S(=O)(=O)c1ccc(C(=O)OCC(=O)N2CCCC[C@@H]2C)cc1. The summed E-state index contributed by atoms with van der Waals surface area (Å²) in [4.78, 5) is 30.7. The van der Waals surface area contributed by atoms with Crippen molar-refractivity contribution in [1.82, 2.24) is 9.37 Å². The van der Waals surface area contributed by atoms with E-state index in [9.17, 15) is 18.0 Å². The van der Waals surface area contributed by atoms with Crippen LogP contribution in [0.1, 0.15) is 36.5 Å². The van der Waals surface area contributed by atoms with Crippen LogP contribution in [0.2, 0.25) is 0 Å². The van der Waals surface area contributed by atoms with Crippen LogP contribution in [0.25, 0.3) is 0 Å². The second kappa shape index (κ2) is 8.61. The molecule has 1 atom stereocenters. The number of nitrogens with zero attached hydrogens (tertiary/aromatic N) is 2. The Labute approximate surface area is 153 Å². The summed E-state index contributed by atoms with van der Waals surface area (Å²) in [6, 6.07) is 5.41. The summed E-state index contributed by atoms with van der Waals surface area (Å²) in [5, 5.41) is 0. The Balaban J connectivity index is 1.97. The number of hydrogen-bond acceptors (Lipinski definition) is 6. The Bertz CT molecular complexity index is 747. The molecule has 0 aliphatic carbocycles. The molecule has 0 unspecified atom stereocenters. The van der Waals surface area contributed by atoms with Crippen LogP contribution < -0.4 is 0 Å². The fourth-order valence-electron chi connectivity index (χ4n) is 2.77. The third-order valence-corrected chi connectivity index (χ3v) is 6.13. The Kier molecular flexibility index (Phi) is 6.74. The molecule has 144 valence electrons. The van der Waals surface area contributed by atoms with Gasteiger partial charge < -0.3 is 9.64 Å². The van der Waals surface area contributed by atoms with E-state index in [0.29, 0.717) is 6.54 Å². The number of carbonyl (C=O) groups excluding carboxylic acids is 2. The van der Waals surface area contributed by atoms with Gasteiger partial charge in [0.25, 0.3) is 15.9 Å². The quantitative estimate of drug-likeness (QED) is 0.544. The monoisotopic (exact) mass is 384 g/mol. The van der Waals surface area contributed by atoms with Gasteiger partial charge in [0.05, 0.1) is 17.6 Å². The molecular weight excluding hydrogens is 360 g/mol. The Morgan fingerprint density at radius 3 is 2.46 bits per heavy atom. The van der Waals surface area contributed by atoms with Gasteiger partial charge in [-0.2, -0.15) is 0 Å². The van der Waals surface area contributed by atoms with E-state index in [-0.39, 0.29) is 29.0 Å². The third kappa shape index (κ3) is 4.60. The normalized spacial score (nSPS) is 18.0. The van der Waals surface area contributed by atoms with Crippen LogP contribution in [-0.2, 0) is 24.4 Å². The molecule has 26 heavy (non-hydrogen) atoms. The second-order valence-electron chi connectivity index (χ2n) is 6.13. The maximum Gasteiger partial charge on any atom is 0.338 e. The minimum atomic E-state index is -3.78. The number of likely N-dealkylation sites (tertiary alicyclic amines) is 1. The highest BCUT2D eigenvalue weighted by Gasteiger charge is 2.24. The molecule has 1 aromatic carbocycles. The second-order valence-corrected chi connectivity index (χ2v) is 8.07. The first-order valence-corrected chi connectivity index (χ1v) is 9.81. The molecule has 0 radical (unpaired) electrons. The smallest absolute Gasteiger partial charge is 0.338 e. The minimum Gasteiger partial charge on any atom is -0.452 e. The molecule has 1 heterocycles. The van der Waals surface area contributed by atoms with E-state index in [2.05, 4.69) is 4.84 Å². The molecule has 1 amide bonds. The number of hydroxylamine groups is 1. The predicted molar refractivity (Wildman–Crippen MR) is 93.7 cm³/mol. The van der Waals surface area contributed by atoms with Crippen molar-refractivity contribution in [2.45, 2.75) is 37.1 Å². The van der Waals surface area contributed by atoms with E-state index in [1.807, 2.05) is 6.92 Å². The highest BCUT2D eigenvalue weighted by molar-refractivity contribution is 7.89. The molecule has 2 rings (SSSR count). The third-order valence-electron chi connectivity index (χ3n) is 4.43. The van der Waals surface area contributed by atoms with Gasteiger partial charge in [-0.05, 0) is 50.5 Å². The van der Waals surface area contributed by atoms with Crippen LogP contribution in [-0.4, -0.2) is 63.0 Å². The first-order chi connectivity index (χ1) is 12.3. The van der Waals surface area contributed by atoms with Gasteiger partial charge in [0.2, 0.25) is 0 Å². The number of sulfonamides is 1. The standard InChI is InChI=1S/C17H24N2O6S/c1-13-6-4-5-11-19(13)16(20)12-25-17(21)14-7-9-15(10-8-14)26(22,23)18(2)24-3/h7-10,13H,4-6,11-12H2,1-3H3/t13-/m0/s1. The van der Waals surface area contributed by atoms with E-state index >= 15 is 0 Å². The van der Waals surface area contributed by atoms with Crippen LogP contribution in [0.3, 0.4) is 0 Å². The number of esters is 1. The topological polar surface area (TPSA) is 93.2 Å². The van der Waals surface area contributed by atoms with Crippen LogP contribution in [0.15, 0.2) is 29.2 Å². The van der Waals surface area contributed by atoms with Gasteiger partial charge in [0.15, 0.2) is 6.61 Å². The van der Waals surface area contributed by atoms with Gasteiger partial charge in [0.1, 0.15) is 0 Å². The summed E-state index contributed by atoms with van der Waals surface area (Å²) in [6.45, 7) is 2.34. The van der Waals surface area contributed by atoms with Gasteiger partial charge in [-0.25, -0.2) is 13.2 Å². The largest absolute Gasteiger partial charge is 0.452 e. The average Bonchev–Trinajstić information content (AvgIpc) is 2.65. The fraction of sp³-hybridized carbons (Fsp3) is 0.529. The molecule has 0 bridgehead atoms. The van der Waals surface area contributed by atoms with Crippen molar-refractivity contribution in [3.63, 3.8) is 0 Å². The summed E-state index contributed by atoms with van der Waals surface area (Å²) in [7, 11) is -1.27. The van der Waals surface area contributed by atoms with Crippen LogP contribution in [0.5, 0.6) is 0 Å². The van der Waals surface area contributed by atoms with Gasteiger partial charge in [-0.15, -0.1) is 0 Å². The van der Waals surface area contributed by atoms with Crippen molar-refractivity contribution >= 4 is 21.9 Å². The molecule has 9 heteroatoms. The van der Waals surface area contributed by atoms with Gasteiger partial charge >= 0.3 is 5.97 Å². The Morgan fingerprint density at radius 2 is 1.88 bits per heavy atom. The maximum absolute atomic E-state index is 12.2. The number of benzene rings is 1. The molecule has 0 spiro atoms. The molecular formula is C17H24N2O6S. The predicted octanol–water partition coefficient (Wildman–Crippen LogP) is 1.43. The van der Waals surface area contributed by atoms with Crippen LogP contribution in [0, 0.1) is 0 Å². The van der Waals surface area contributed by atoms with Crippen molar-refractivity contribution in [1.29, 1.82) is 0 Å². The zero-order valence-electron chi connectivity index (χ0n) is 15.2. The zero-order chi connectivity index (χ0) is 19.3. The summed E-state index contributed by atoms with van der Waals surface area (Å²) in [5.74, 6) is -0.890. The van der Waals surface area contributed by atoms with E-state index in [4.69, 9.17) is 4.74 Å². The molecule has 0 aromatic heterocycles. The first-order valence-electron chi connectivity index (χ1n) is 8.37. The number of piperidine rings is 1. The van der Waals surface area contributed by atoms with E-state index in [1.54, 1.807) is 4.90 Å². The van der Waals surface area contributed by atoms with Crippen molar-refractivity contribution < 1.29 is 27.6 Å². The van der Waals surface area contributed by atoms with Crippen LogP contribution >= 0.6 is 0 Å². The molecule has 1 aromatic rings. The van der Waals surface area contributed by atoms with Gasteiger partial charge in [-0.3, -0.25) is 9.63 Å². The summed E-state index contributed by atoms with van der Waals surface area (Å²) >= 11 is 0. The van der Waals surface area contributed by atoms with Gasteiger partial charge in [-0.1, -0.05) is 4.47 Å². The molecule has 0 saturated carbocycles. The zero-order valence-corrected chi connectivity index (χ0v) is 16.0. The molecule has 1 fully saturated rings. The van der Waals surface area contributed by atoms with E-state index < -0.39 is 16.0 Å². The van der Waals surface area contributed by atoms with Crippen molar-refractivity contribution in [2.75, 3.05) is 27.3 Å². The molecule has 1 aliphatic rings. The van der Waals surface area contributed by atoms with E-state index in [1.165, 1.54) is 38.4 Å². The number of amides is 1. The lowest BCUT2D eigenvalue weighted by molar-refractivity contribution is -0.137. The summed E-state index contributed by atoms with van der Waals surface area (Å²) < 4.78 is 30.0. The van der Waals surface area contributed by atoms with Crippen molar-refractivity contribution in [2.24, 2.45) is 0 Å². The lowest BCUT2D eigenvalue weighted by atomic mass is 10.0. The van der Waals surface area contributed by atoms with E-state index in [0.717, 1.165) is 23.7 Å². The Morgan fingerprint density at radius 1 is 1.23 bits per heavy atom. The van der Waals surface area contributed by atoms with Crippen molar-refractivity contribution in [3.8, 4) is 0 Å². The number of ether oxygens (including phenoxy) is 1. The maximum atomic E-state index is 12.2. The summed E-state index contributed by atoms with van der Waals surface area (Å²) in [5.41, 5.74) is 0.170. The molecule has 8 nitrogen and oxygen atoms in total. The lowest BCUT2D eigenvalue weighted by Gasteiger charge is -2.33. The first kappa shape index (κ1) is 20.3. The highest BCUT2D eigenvalue weighted by atomic mass is 32.2. The summed E-state index contributed by atoms with van der Waals surface area (Å²) in [6.07, 6.45) is 3.00. The number of hydrogen-bond donors (Lipinski definition) is 0. The van der Waals surface area contributed by atoms with Gasteiger partial charge in [0, 0.05) is 19.6 Å². The number of rotatable bonds is 6. The molecule has 1 aliphatic heterocycles. The van der Waals surface area contributed by atoms with Crippen LogP contribution in [0.4, 0.5) is 0 Å². The average molecular weight is 384 g/mol. The molecule has 0 N–H and O–H groups in total. The molecule has 1 saturated heterocycles. The van der Waals surface area contributed by atoms with Crippen molar-refractivity contribution in [3.05, 3.63) is 29.8 Å². The minimum absolute atomic E-state index is 0.0170. The highest BCUT2D eigenvalue weighted by Crippen LogP contribution is 2.17. The fourth-order valence-corrected chi connectivity index (χ4v) is 3.74.